The molecule has 1 saturated carbocycles. The Morgan fingerprint density at radius 1 is 1.15 bits per heavy atom. The summed E-state index contributed by atoms with van der Waals surface area (Å²) in [4.78, 5) is 20.9. The molecule has 0 radical (unpaired) electrons. The van der Waals surface area contributed by atoms with E-state index in [1.54, 1.807) is 6.20 Å². The maximum Gasteiger partial charge on any atom is 0.341 e. The molecule has 6 nitrogen and oxygen atoms in total. The van der Waals surface area contributed by atoms with Crippen LogP contribution in [0.5, 0.6) is 5.75 Å². The van der Waals surface area contributed by atoms with Crippen molar-refractivity contribution in [3.8, 4) is 5.75 Å². The minimum atomic E-state index is -0.961. The molecule has 174 valence electrons. The van der Waals surface area contributed by atoms with Crippen molar-refractivity contribution in [1.82, 2.24) is 10.5 Å². The first-order chi connectivity index (χ1) is 16.2. The molecule has 1 fully saturated rings. The van der Waals surface area contributed by atoms with E-state index < -0.39 is 5.97 Å². The van der Waals surface area contributed by atoms with E-state index in [9.17, 15) is 4.79 Å². The van der Waals surface area contributed by atoms with Crippen molar-refractivity contribution in [2.24, 2.45) is 5.92 Å². The first-order valence-corrected chi connectivity index (χ1v) is 11.8. The lowest BCUT2D eigenvalue weighted by Crippen LogP contribution is -2.15. The number of fused-ring (bicyclic) bond motifs is 1. The van der Waals surface area contributed by atoms with Crippen molar-refractivity contribution in [2.45, 2.75) is 50.9 Å². The third-order valence-corrected chi connectivity index (χ3v) is 6.37. The summed E-state index contributed by atoms with van der Waals surface area (Å²) in [6.45, 7) is 0.132. The van der Waals surface area contributed by atoms with E-state index >= 15 is 0 Å². The molecule has 1 unspecified atom stereocenters. The van der Waals surface area contributed by atoms with Crippen LogP contribution in [0.1, 0.15) is 61.1 Å². The van der Waals surface area contributed by atoms with Gasteiger partial charge in [0.15, 0.2) is 6.61 Å². The van der Waals surface area contributed by atoms with E-state index in [1.807, 2.05) is 36.5 Å². The van der Waals surface area contributed by atoms with Gasteiger partial charge in [0, 0.05) is 23.9 Å². The van der Waals surface area contributed by atoms with Gasteiger partial charge < -0.3 is 9.84 Å². The summed E-state index contributed by atoms with van der Waals surface area (Å²) in [5.41, 5.74) is 7.50. The van der Waals surface area contributed by atoms with Crippen LogP contribution in [0.4, 0.5) is 0 Å². The maximum absolute atomic E-state index is 10.9. The molecule has 1 aromatic heterocycles. The van der Waals surface area contributed by atoms with Gasteiger partial charge in [0.1, 0.15) is 5.75 Å². The highest BCUT2D eigenvalue weighted by molar-refractivity contribution is 5.68. The predicted molar refractivity (Wildman–Crippen MR) is 128 cm³/mol. The molecular formula is C27H32N2O4. The number of pyridine rings is 1. The van der Waals surface area contributed by atoms with Crippen LogP contribution < -0.4 is 10.2 Å². The Balaban J connectivity index is 1.36. The lowest BCUT2D eigenvalue weighted by atomic mass is 9.82. The average molecular weight is 449 g/mol. The molecular weight excluding hydrogens is 416 g/mol. The van der Waals surface area contributed by atoms with E-state index in [2.05, 4.69) is 28.7 Å². The fourth-order valence-electron chi connectivity index (χ4n) is 4.78. The highest BCUT2D eigenvalue weighted by Crippen LogP contribution is 2.37. The van der Waals surface area contributed by atoms with Crippen molar-refractivity contribution in [3.63, 3.8) is 0 Å². The van der Waals surface area contributed by atoms with E-state index in [4.69, 9.17) is 14.7 Å². The van der Waals surface area contributed by atoms with Crippen LogP contribution >= 0.6 is 0 Å². The fourth-order valence-corrected chi connectivity index (χ4v) is 4.78. The van der Waals surface area contributed by atoms with Gasteiger partial charge in [-0.05, 0) is 67.3 Å². The summed E-state index contributed by atoms with van der Waals surface area (Å²) >= 11 is 0. The standard InChI is InChI=1S/C27H32N2O4/c30-27(31)19-32-26-14-4-12-23-21(9-3-13-24(23)26)11-6-16-33-29-25(17-20-7-1-2-8-20)22-10-5-15-28-18-22/h4-6,10-12,14-15,17-18,20-21,29H,1-3,7-9,13,16,19H2,(H,30,31). The van der Waals surface area contributed by atoms with Crippen molar-refractivity contribution in [1.29, 1.82) is 0 Å². The molecule has 0 saturated heterocycles. The number of carbonyl (C=O) groups is 1. The van der Waals surface area contributed by atoms with Crippen LogP contribution in [-0.2, 0) is 16.1 Å². The monoisotopic (exact) mass is 448 g/mol. The summed E-state index contributed by atoms with van der Waals surface area (Å²) in [6, 6.07) is 9.89. The van der Waals surface area contributed by atoms with Crippen LogP contribution in [-0.4, -0.2) is 29.3 Å². The second kappa shape index (κ2) is 11.7. The fraction of sp³-hybridized carbons (Fsp3) is 0.407. The minimum absolute atomic E-state index is 0.276. The predicted octanol–water partition coefficient (Wildman–Crippen LogP) is 5.27. The molecule has 0 amide bonds. The molecule has 0 bridgehead atoms. The van der Waals surface area contributed by atoms with E-state index in [-0.39, 0.29) is 12.5 Å². The van der Waals surface area contributed by atoms with E-state index in [0.29, 0.717) is 18.3 Å². The number of allylic oxidation sites excluding steroid dienone is 2. The average Bonchev–Trinajstić information content (AvgIpc) is 3.35. The number of nitrogens with zero attached hydrogens (tertiary/aromatic N) is 1. The smallest absolute Gasteiger partial charge is 0.341 e. The van der Waals surface area contributed by atoms with Gasteiger partial charge >= 0.3 is 5.97 Å². The molecule has 1 heterocycles. The quantitative estimate of drug-likeness (QED) is 0.293. The van der Waals surface area contributed by atoms with E-state index in [0.717, 1.165) is 36.1 Å². The molecule has 2 aliphatic rings. The SMILES string of the molecule is O=C(O)COc1cccc2c1CCCC2C=CCONC(=CC1CCCC1)c1cccnc1. The number of nitrogens with one attached hydrogen (secondary N) is 1. The number of hydrogen-bond donors (Lipinski definition) is 2. The van der Waals surface area contributed by atoms with Gasteiger partial charge in [0.25, 0.3) is 0 Å². The number of aromatic nitrogens is 1. The molecule has 0 aliphatic heterocycles. The first-order valence-electron chi connectivity index (χ1n) is 11.8. The maximum atomic E-state index is 10.9. The van der Waals surface area contributed by atoms with Gasteiger partial charge in [-0.15, -0.1) is 0 Å². The van der Waals surface area contributed by atoms with Crippen molar-refractivity contribution >= 4 is 11.7 Å². The Morgan fingerprint density at radius 2 is 2.03 bits per heavy atom. The lowest BCUT2D eigenvalue weighted by molar-refractivity contribution is -0.139. The number of carboxylic acid groups (broad SMARTS) is 1. The zero-order chi connectivity index (χ0) is 22.9. The number of hydroxylamine groups is 1. The van der Waals surface area contributed by atoms with Crippen LogP contribution in [0.25, 0.3) is 5.70 Å². The van der Waals surface area contributed by atoms with Gasteiger partial charge in [-0.1, -0.05) is 43.2 Å². The number of benzene rings is 1. The van der Waals surface area contributed by atoms with Crippen molar-refractivity contribution in [3.05, 3.63) is 77.6 Å². The Labute approximate surface area is 195 Å². The van der Waals surface area contributed by atoms with Crippen LogP contribution in [0.15, 0.2) is 61.0 Å². The third-order valence-electron chi connectivity index (χ3n) is 6.37. The molecule has 1 aromatic carbocycles. The summed E-state index contributed by atoms with van der Waals surface area (Å²) in [7, 11) is 0. The molecule has 6 heteroatoms. The largest absolute Gasteiger partial charge is 0.482 e. The van der Waals surface area contributed by atoms with Gasteiger partial charge in [-0.2, -0.15) is 0 Å². The number of hydrogen-bond acceptors (Lipinski definition) is 5. The summed E-state index contributed by atoms with van der Waals surface area (Å²) in [5, 5.41) is 8.93. The van der Waals surface area contributed by atoms with Crippen molar-refractivity contribution in [2.75, 3.05) is 13.2 Å². The molecule has 2 aromatic rings. The number of rotatable bonds is 10. The summed E-state index contributed by atoms with van der Waals surface area (Å²) in [6.07, 6.45) is 18.2. The molecule has 2 N–H and O–H groups in total. The zero-order valence-electron chi connectivity index (χ0n) is 18.9. The van der Waals surface area contributed by atoms with Crippen molar-refractivity contribution < 1.29 is 19.5 Å². The van der Waals surface area contributed by atoms with Gasteiger partial charge in [0.05, 0.1) is 12.3 Å². The number of carboxylic acids is 1. The normalized spacial score (nSPS) is 18.9. The van der Waals surface area contributed by atoms with Gasteiger partial charge in [-0.3, -0.25) is 15.3 Å². The second-order valence-corrected chi connectivity index (χ2v) is 8.71. The molecule has 2 aliphatic carbocycles. The Bertz CT molecular complexity index is 981. The second-order valence-electron chi connectivity index (χ2n) is 8.71. The summed E-state index contributed by atoms with van der Waals surface area (Å²) < 4.78 is 5.51. The zero-order valence-corrected chi connectivity index (χ0v) is 18.9. The lowest BCUT2D eigenvalue weighted by Gasteiger charge is -2.25. The number of ether oxygens (including phenoxy) is 1. The molecule has 0 spiro atoms. The Morgan fingerprint density at radius 3 is 2.82 bits per heavy atom. The van der Waals surface area contributed by atoms with Gasteiger partial charge in [-0.25, -0.2) is 4.79 Å². The van der Waals surface area contributed by atoms with E-state index in [1.165, 1.54) is 31.2 Å². The van der Waals surface area contributed by atoms with Gasteiger partial charge in [0.2, 0.25) is 0 Å². The molecule has 4 rings (SSSR count). The highest BCUT2D eigenvalue weighted by atomic mass is 16.6. The third kappa shape index (κ3) is 6.45. The first kappa shape index (κ1) is 23.1. The minimum Gasteiger partial charge on any atom is -0.482 e. The highest BCUT2D eigenvalue weighted by Gasteiger charge is 2.21. The molecule has 33 heavy (non-hydrogen) atoms. The Hall–Kier alpha value is -3.12. The van der Waals surface area contributed by atoms with Crippen LogP contribution in [0.2, 0.25) is 0 Å². The molecule has 1 atom stereocenters. The van der Waals surface area contributed by atoms with Crippen LogP contribution in [0, 0.1) is 5.92 Å². The Kier molecular flexibility index (Phi) is 8.14. The number of aliphatic carboxylic acids is 1. The topological polar surface area (TPSA) is 80.7 Å². The summed E-state index contributed by atoms with van der Waals surface area (Å²) in [5.74, 6) is 0.585. The van der Waals surface area contributed by atoms with Crippen LogP contribution in [0.3, 0.4) is 0 Å².